The minimum atomic E-state index is -0.0793. The van der Waals surface area contributed by atoms with E-state index >= 15 is 0 Å². The molecule has 98 valence electrons. The van der Waals surface area contributed by atoms with E-state index in [9.17, 15) is 9.90 Å². The Labute approximate surface area is 107 Å². The molecule has 0 amide bonds. The molecule has 0 radical (unpaired) electrons. The maximum atomic E-state index is 12.1. The van der Waals surface area contributed by atoms with Crippen LogP contribution in [0.4, 0.5) is 5.69 Å². The fourth-order valence-electron chi connectivity index (χ4n) is 2.07. The van der Waals surface area contributed by atoms with Crippen molar-refractivity contribution in [2.24, 2.45) is 0 Å². The molecule has 1 saturated heterocycles. The van der Waals surface area contributed by atoms with Crippen LogP contribution in [0, 0.1) is 0 Å². The van der Waals surface area contributed by atoms with Crippen molar-refractivity contribution in [3.05, 3.63) is 23.8 Å². The molecule has 3 N–H and O–H groups in total. The van der Waals surface area contributed by atoms with Gasteiger partial charge in [0.1, 0.15) is 5.75 Å². The first-order valence-corrected chi connectivity index (χ1v) is 6.09. The molecule has 1 aromatic carbocycles. The molecule has 1 fully saturated rings. The minimum Gasteiger partial charge on any atom is -0.507 e. The van der Waals surface area contributed by atoms with Gasteiger partial charge in [-0.3, -0.25) is 9.69 Å². The van der Waals surface area contributed by atoms with Crippen LogP contribution in [-0.2, 0) is 0 Å². The second-order valence-corrected chi connectivity index (χ2v) is 4.78. The summed E-state index contributed by atoms with van der Waals surface area (Å²) < 4.78 is 0. The third-order valence-electron chi connectivity index (χ3n) is 3.28. The molecule has 0 saturated carbocycles. The number of nitrogen functional groups attached to an aromatic ring is 1. The second-order valence-electron chi connectivity index (χ2n) is 4.78. The first-order valence-electron chi connectivity index (χ1n) is 6.09. The van der Waals surface area contributed by atoms with E-state index in [4.69, 9.17) is 5.73 Å². The Bertz CT molecular complexity index is 440. The highest BCUT2D eigenvalue weighted by Crippen LogP contribution is 2.20. The van der Waals surface area contributed by atoms with Crippen LogP contribution in [0.5, 0.6) is 5.75 Å². The highest BCUT2D eigenvalue weighted by Gasteiger charge is 2.19. The zero-order chi connectivity index (χ0) is 13.1. The van der Waals surface area contributed by atoms with Gasteiger partial charge >= 0.3 is 0 Å². The molecule has 1 heterocycles. The van der Waals surface area contributed by atoms with Gasteiger partial charge in [0.25, 0.3) is 0 Å². The Balaban J connectivity index is 2.01. The average molecular weight is 249 g/mol. The van der Waals surface area contributed by atoms with Crippen LogP contribution in [-0.4, -0.2) is 60.5 Å². The van der Waals surface area contributed by atoms with Crippen molar-refractivity contribution >= 4 is 11.5 Å². The summed E-state index contributed by atoms with van der Waals surface area (Å²) in [5.74, 6) is -0.0762. The molecule has 0 aromatic heterocycles. The lowest BCUT2D eigenvalue weighted by Crippen LogP contribution is -2.46. The summed E-state index contributed by atoms with van der Waals surface area (Å²) in [7, 11) is 2.07. The number of benzene rings is 1. The van der Waals surface area contributed by atoms with E-state index in [-0.39, 0.29) is 11.5 Å². The third-order valence-corrected chi connectivity index (χ3v) is 3.28. The topological polar surface area (TPSA) is 69.8 Å². The van der Waals surface area contributed by atoms with E-state index in [1.54, 1.807) is 6.07 Å². The first kappa shape index (κ1) is 12.9. The van der Waals surface area contributed by atoms with Crippen LogP contribution in [0.2, 0.25) is 0 Å². The molecule has 0 bridgehead atoms. The van der Waals surface area contributed by atoms with Crippen molar-refractivity contribution in [2.75, 3.05) is 45.5 Å². The number of aromatic hydroxyl groups is 1. The summed E-state index contributed by atoms with van der Waals surface area (Å²) >= 11 is 0. The van der Waals surface area contributed by atoms with E-state index < -0.39 is 0 Å². The van der Waals surface area contributed by atoms with Crippen molar-refractivity contribution in [3.8, 4) is 5.75 Å². The highest BCUT2D eigenvalue weighted by molar-refractivity contribution is 6.00. The molecule has 5 nitrogen and oxygen atoms in total. The SMILES string of the molecule is CN1CCN(CC(=O)c2cc(N)ccc2O)CC1. The molecule has 0 spiro atoms. The standard InChI is InChI=1S/C13H19N3O2/c1-15-4-6-16(7-5-15)9-13(18)11-8-10(14)2-3-12(11)17/h2-3,8,17H,4-7,9,14H2,1H3. The number of rotatable bonds is 3. The predicted octanol–water partition coefficient (Wildman–Crippen LogP) is 0.404. The normalized spacial score (nSPS) is 17.8. The van der Waals surface area contributed by atoms with Crippen LogP contribution < -0.4 is 5.73 Å². The van der Waals surface area contributed by atoms with Gasteiger partial charge in [-0.05, 0) is 25.2 Å². The molecule has 1 aliphatic rings. The van der Waals surface area contributed by atoms with Gasteiger partial charge in [0.15, 0.2) is 5.78 Å². The number of likely N-dealkylation sites (N-methyl/N-ethyl adjacent to an activating group) is 1. The van der Waals surface area contributed by atoms with Crippen LogP contribution >= 0.6 is 0 Å². The number of Topliss-reactive ketones (excluding diaryl/α,β-unsaturated/α-hetero) is 1. The lowest BCUT2D eigenvalue weighted by Gasteiger charge is -2.31. The predicted molar refractivity (Wildman–Crippen MR) is 70.8 cm³/mol. The summed E-state index contributed by atoms with van der Waals surface area (Å²) in [6.07, 6.45) is 0. The third kappa shape index (κ3) is 3.00. The Hall–Kier alpha value is -1.59. The van der Waals surface area contributed by atoms with Crippen LogP contribution in [0.15, 0.2) is 18.2 Å². The van der Waals surface area contributed by atoms with Gasteiger partial charge < -0.3 is 15.7 Å². The number of nitrogens with zero attached hydrogens (tertiary/aromatic N) is 2. The number of phenolic OH excluding ortho intramolecular Hbond substituents is 1. The maximum Gasteiger partial charge on any atom is 0.180 e. The van der Waals surface area contributed by atoms with Crippen molar-refractivity contribution in [3.63, 3.8) is 0 Å². The van der Waals surface area contributed by atoms with E-state index in [1.165, 1.54) is 12.1 Å². The zero-order valence-electron chi connectivity index (χ0n) is 10.6. The minimum absolute atomic E-state index is 0.00308. The number of anilines is 1. The number of nitrogens with two attached hydrogens (primary N) is 1. The van der Waals surface area contributed by atoms with Gasteiger partial charge in [-0.15, -0.1) is 0 Å². The number of carbonyl (C=O) groups is 1. The lowest BCUT2D eigenvalue weighted by atomic mass is 10.1. The van der Waals surface area contributed by atoms with Crippen molar-refractivity contribution in [1.29, 1.82) is 0 Å². The summed E-state index contributed by atoms with van der Waals surface area (Å²) in [5.41, 5.74) is 6.44. The van der Waals surface area contributed by atoms with Crippen molar-refractivity contribution in [1.82, 2.24) is 9.80 Å². The molecule has 0 unspecified atom stereocenters. The molecule has 5 heteroatoms. The molecule has 1 aliphatic heterocycles. The molecule has 2 rings (SSSR count). The van der Waals surface area contributed by atoms with Crippen LogP contribution in [0.3, 0.4) is 0 Å². The number of piperazine rings is 1. The van der Waals surface area contributed by atoms with E-state index in [1.807, 2.05) is 0 Å². The quantitative estimate of drug-likeness (QED) is 0.461. The smallest absolute Gasteiger partial charge is 0.180 e. The Morgan fingerprint density at radius 3 is 2.67 bits per heavy atom. The summed E-state index contributed by atoms with van der Waals surface area (Å²) in [6, 6.07) is 4.59. The molecule has 0 atom stereocenters. The van der Waals surface area contributed by atoms with Crippen molar-refractivity contribution in [2.45, 2.75) is 0 Å². The Kier molecular flexibility index (Phi) is 3.84. The largest absolute Gasteiger partial charge is 0.507 e. The molecule has 18 heavy (non-hydrogen) atoms. The second kappa shape index (κ2) is 5.37. The van der Waals surface area contributed by atoms with Gasteiger partial charge in [-0.2, -0.15) is 0 Å². The Morgan fingerprint density at radius 2 is 2.00 bits per heavy atom. The molecular formula is C13H19N3O2. The van der Waals surface area contributed by atoms with Gasteiger partial charge in [-0.25, -0.2) is 0 Å². The summed E-state index contributed by atoms with van der Waals surface area (Å²) in [4.78, 5) is 16.4. The highest BCUT2D eigenvalue weighted by atomic mass is 16.3. The van der Waals surface area contributed by atoms with E-state index in [0.29, 0.717) is 17.8 Å². The van der Waals surface area contributed by atoms with Gasteiger partial charge in [0, 0.05) is 31.9 Å². The maximum absolute atomic E-state index is 12.1. The number of ketones is 1. The van der Waals surface area contributed by atoms with E-state index in [2.05, 4.69) is 16.8 Å². The van der Waals surface area contributed by atoms with Gasteiger partial charge in [0.05, 0.1) is 12.1 Å². The van der Waals surface area contributed by atoms with Gasteiger partial charge in [-0.1, -0.05) is 0 Å². The number of hydrogen-bond acceptors (Lipinski definition) is 5. The fourth-order valence-corrected chi connectivity index (χ4v) is 2.07. The fraction of sp³-hybridized carbons (Fsp3) is 0.462. The van der Waals surface area contributed by atoms with Crippen LogP contribution in [0.1, 0.15) is 10.4 Å². The molecule has 0 aliphatic carbocycles. The zero-order valence-corrected chi connectivity index (χ0v) is 10.6. The number of carbonyl (C=O) groups excluding carboxylic acids is 1. The first-order chi connectivity index (χ1) is 8.56. The van der Waals surface area contributed by atoms with Crippen molar-refractivity contribution < 1.29 is 9.90 Å². The Morgan fingerprint density at radius 1 is 1.33 bits per heavy atom. The number of hydrogen-bond donors (Lipinski definition) is 2. The number of phenols is 1. The lowest BCUT2D eigenvalue weighted by molar-refractivity contribution is 0.0874. The molecule has 1 aromatic rings. The molecular weight excluding hydrogens is 230 g/mol. The van der Waals surface area contributed by atoms with Gasteiger partial charge in [0.2, 0.25) is 0 Å². The average Bonchev–Trinajstić information content (AvgIpc) is 2.35. The summed E-state index contributed by atoms with van der Waals surface area (Å²) in [6.45, 7) is 4.04. The van der Waals surface area contributed by atoms with E-state index in [0.717, 1.165) is 26.2 Å². The monoisotopic (exact) mass is 249 g/mol. The van der Waals surface area contributed by atoms with Crippen LogP contribution in [0.25, 0.3) is 0 Å². The summed E-state index contributed by atoms with van der Waals surface area (Å²) in [5, 5.41) is 9.67.